The van der Waals surface area contributed by atoms with Gasteiger partial charge in [0, 0.05) is 0 Å². The van der Waals surface area contributed by atoms with Crippen molar-refractivity contribution >= 4 is 12.0 Å². The van der Waals surface area contributed by atoms with Crippen LogP contribution in [0.25, 0.3) is 0 Å². The van der Waals surface area contributed by atoms with E-state index < -0.39 is 18.0 Å². The Morgan fingerprint density at radius 3 is 2.46 bits per heavy atom. The summed E-state index contributed by atoms with van der Waals surface area (Å²) in [5, 5.41) is 10.9. The quantitative estimate of drug-likeness (QED) is 0.939. The summed E-state index contributed by atoms with van der Waals surface area (Å²) >= 11 is 0. The topological polar surface area (TPSA) is 70.1 Å². The van der Waals surface area contributed by atoms with Crippen molar-refractivity contribution < 1.29 is 19.5 Å². The first kappa shape index (κ1) is 14.7. The minimum atomic E-state index is -1.03. The van der Waals surface area contributed by atoms with Gasteiger partial charge in [-0.3, -0.25) is 4.84 Å². The van der Waals surface area contributed by atoms with E-state index in [-0.39, 0.29) is 12.6 Å². The average molecular weight is 324 g/mol. The molecule has 2 amide bonds. The van der Waals surface area contributed by atoms with Crippen molar-refractivity contribution in [2.24, 2.45) is 0 Å². The minimum absolute atomic E-state index is 0.261. The van der Waals surface area contributed by atoms with E-state index in [1.807, 2.05) is 42.5 Å². The van der Waals surface area contributed by atoms with E-state index >= 15 is 0 Å². The van der Waals surface area contributed by atoms with Crippen molar-refractivity contribution in [1.29, 1.82) is 0 Å². The van der Waals surface area contributed by atoms with Gasteiger partial charge in [-0.2, -0.15) is 5.06 Å². The second-order valence-electron chi connectivity index (χ2n) is 5.91. The smallest absolute Gasteiger partial charge is 0.345 e. The Bertz CT molecular complexity index is 793. The molecule has 2 aliphatic rings. The van der Waals surface area contributed by atoms with Crippen LogP contribution in [-0.4, -0.2) is 33.6 Å². The van der Waals surface area contributed by atoms with Crippen molar-refractivity contribution in [1.82, 2.24) is 9.96 Å². The number of carbonyl (C=O) groups excluding carboxylic acids is 1. The van der Waals surface area contributed by atoms with Gasteiger partial charge in [0.25, 0.3) is 0 Å². The molecule has 2 heterocycles. The fourth-order valence-corrected chi connectivity index (χ4v) is 3.40. The summed E-state index contributed by atoms with van der Waals surface area (Å²) < 4.78 is 0. The van der Waals surface area contributed by atoms with Crippen molar-refractivity contribution in [2.75, 3.05) is 6.54 Å². The number of benzene rings is 2. The SMILES string of the molecule is O=C(O)[C@H]1c2ccccc2[C@@H]2CN1C(=O)N2OCc1ccccc1. The number of rotatable bonds is 4. The monoisotopic (exact) mass is 324 g/mol. The Kier molecular flexibility index (Phi) is 3.46. The van der Waals surface area contributed by atoms with Gasteiger partial charge in [0.2, 0.25) is 0 Å². The zero-order valence-electron chi connectivity index (χ0n) is 12.8. The van der Waals surface area contributed by atoms with Crippen molar-refractivity contribution in [3.63, 3.8) is 0 Å². The first-order chi connectivity index (χ1) is 11.7. The summed E-state index contributed by atoms with van der Waals surface area (Å²) in [6, 6.07) is 15.2. The van der Waals surface area contributed by atoms with E-state index in [2.05, 4.69) is 0 Å². The predicted octanol–water partition coefficient (Wildman–Crippen LogP) is 2.74. The fraction of sp³-hybridized carbons (Fsp3) is 0.222. The molecule has 0 saturated carbocycles. The fourth-order valence-electron chi connectivity index (χ4n) is 3.40. The maximum Gasteiger partial charge on any atom is 0.345 e. The van der Waals surface area contributed by atoms with Crippen LogP contribution < -0.4 is 0 Å². The van der Waals surface area contributed by atoms with E-state index in [1.165, 1.54) is 9.96 Å². The van der Waals surface area contributed by atoms with E-state index in [0.717, 1.165) is 11.1 Å². The number of aliphatic carboxylic acids is 1. The molecule has 0 aliphatic carbocycles. The highest BCUT2D eigenvalue weighted by Gasteiger charge is 2.50. The van der Waals surface area contributed by atoms with Gasteiger partial charge < -0.3 is 10.0 Å². The molecule has 2 bridgehead atoms. The van der Waals surface area contributed by atoms with E-state index in [1.54, 1.807) is 12.1 Å². The summed E-state index contributed by atoms with van der Waals surface area (Å²) in [4.78, 5) is 31.4. The van der Waals surface area contributed by atoms with Crippen LogP contribution in [0.5, 0.6) is 0 Å². The lowest BCUT2D eigenvalue weighted by Crippen LogP contribution is -2.38. The summed E-state index contributed by atoms with van der Waals surface area (Å²) in [6.07, 6.45) is 0. The van der Waals surface area contributed by atoms with Crippen LogP contribution in [0.15, 0.2) is 54.6 Å². The average Bonchev–Trinajstić information content (AvgIpc) is 2.87. The Hall–Kier alpha value is -2.86. The number of urea groups is 1. The molecular formula is C18H16N2O4. The molecule has 2 aromatic carbocycles. The van der Waals surface area contributed by atoms with Crippen LogP contribution in [0.2, 0.25) is 0 Å². The van der Waals surface area contributed by atoms with Crippen LogP contribution in [0.1, 0.15) is 28.8 Å². The van der Waals surface area contributed by atoms with E-state index in [4.69, 9.17) is 4.84 Å². The van der Waals surface area contributed by atoms with Crippen molar-refractivity contribution in [2.45, 2.75) is 18.7 Å². The molecule has 1 saturated heterocycles. The molecule has 0 unspecified atom stereocenters. The second-order valence-corrected chi connectivity index (χ2v) is 5.91. The summed E-state index contributed by atoms with van der Waals surface area (Å²) in [6.45, 7) is 0.582. The summed E-state index contributed by atoms with van der Waals surface area (Å²) in [5.74, 6) is -1.03. The number of hydroxylamine groups is 2. The molecule has 0 aromatic heterocycles. The Labute approximate surface area is 138 Å². The van der Waals surface area contributed by atoms with Gasteiger partial charge >= 0.3 is 12.0 Å². The Morgan fingerprint density at radius 2 is 1.75 bits per heavy atom. The summed E-state index contributed by atoms with van der Waals surface area (Å²) in [5.41, 5.74) is 2.44. The van der Waals surface area contributed by atoms with Crippen LogP contribution in [-0.2, 0) is 16.2 Å². The zero-order chi connectivity index (χ0) is 16.7. The standard InChI is InChI=1S/C18H16N2O4/c21-17(22)16-14-9-5-4-8-13(14)15-10-19(16)18(23)20(15)24-11-12-6-2-1-3-7-12/h1-9,15-16H,10-11H2,(H,21,22)/t15-,16+/m0/s1. The molecule has 122 valence electrons. The molecule has 2 atom stereocenters. The Balaban J connectivity index is 1.65. The minimum Gasteiger partial charge on any atom is -0.479 e. The van der Waals surface area contributed by atoms with Crippen LogP contribution in [0.3, 0.4) is 0 Å². The van der Waals surface area contributed by atoms with Crippen LogP contribution in [0.4, 0.5) is 4.79 Å². The molecule has 2 aromatic rings. The van der Waals surface area contributed by atoms with Gasteiger partial charge in [0.05, 0.1) is 6.54 Å². The molecule has 4 rings (SSSR count). The number of amides is 2. The zero-order valence-corrected chi connectivity index (χ0v) is 12.8. The molecule has 1 fully saturated rings. The van der Waals surface area contributed by atoms with E-state index in [0.29, 0.717) is 12.1 Å². The molecule has 6 nitrogen and oxygen atoms in total. The van der Waals surface area contributed by atoms with Gasteiger partial charge in [-0.05, 0) is 16.7 Å². The first-order valence-corrected chi connectivity index (χ1v) is 7.75. The van der Waals surface area contributed by atoms with E-state index in [9.17, 15) is 14.7 Å². The molecule has 0 radical (unpaired) electrons. The Morgan fingerprint density at radius 1 is 1.08 bits per heavy atom. The normalized spacial score (nSPS) is 21.8. The highest BCUT2D eigenvalue weighted by molar-refractivity contribution is 5.87. The molecule has 6 heteroatoms. The molecule has 2 aliphatic heterocycles. The number of carboxylic acid groups (broad SMARTS) is 1. The predicted molar refractivity (Wildman–Crippen MR) is 84.7 cm³/mol. The number of hydrogen-bond acceptors (Lipinski definition) is 3. The highest BCUT2D eigenvalue weighted by Crippen LogP contribution is 2.43. The summed E-state index contributed by atoms with van der Waals surface area (Å²) in [7, 11) is 0. The third-order valence-electron chi connectivity index (χ3n) is 4.50. The molecule has 1 N–H and O–H groups in total. The second kappa shape index (κ2) is 5.65. The number of carboxylic acids is 1. The lowest BCUT2D eigenvalue weighted by molar-refractivity contribution is -0.143. The maximum absolute atomic E-state index is 12.7. The number of fused-ring (bicyclic) bond motifs is 4. The van der Waals surface area contributed by atoms with Crippen molar-refractivity contribution in [3.8, 4) is 0 Å². The highest BCUT2D eigenvalue weighted by atomic mass is 16.7. The van der Waals surface area contributed by atoms with Crippen molar-refractivity contribution in [3.05, 3.63) is 71.3 Å². The number of hydrogen-bond donors (Lipinski definition) is 1. The van der Waals surface area contributed by atoms with Gasteiger partial charge in [0.1, 0.15) is 12.6 Å². The molecule has 24 heavy (non-hydrogen) atoms. The lowest BCUT2D eigenvalue weighted by atomic mass is 9.91. The maximum atomic E-state index is 12.7. The molecule has 0 spiro atoms. The number of nitrogens with zero attached hydrogens (tertiary/aromatic N) is 2. The largest absolute Gasteiger partial charge is 0.479 e. The molecular weight excluding hydrogens is 308 g/mol. The van der Waals surface area contributed by atoms with Gasteiger partial charge in [-0.25, -0.2) is 9.59 Å². The lowest BCUT2D eigenvalue weighted by Gasteiger charge is -2.29. The van der Waals surface area contributed by atoms with Gasteiger partial charge in [-0.15, -0.1) is 0 Å². The van der Waals surface area contributed by atoms with Gasteiger partial charge in [-0.1, -0.05) is 54.6 Å². The third kappa shape index (κ3) is 2.23. The third-order valence-corrected chi connectivity index (χ3v) is 4.50. The van der Waals surface area contributed by atoms with Gasteiger partial charge in [0.15, 0.2) is 6.04 Å². The van der Waals surface area contributed by atoms with Crippen LogP contribution in [0, 0.1) is 0 Å². The number of carbonyl (C=O) groups is 2. The van der Waals surface area contributed by atoms with Crippen LogP contribution >= 0.6 is 0 Å². The first-order valence-electron chi connectivity index (χ1n) is 7.75.